The first-order valence-corrected chi connectivity index (χ1v) is 11.2. The van der Waals surface area contributed by atoms with Gasteiger partial charge in [0.05, 0.1) is 22.6 Å². The van der Waals surface area contributed by atoms with E-state index < -0.39 is 15.9 Å². The molecule has 0 bridgehead atoms. The Morgan fingerprint density at radius 3 is 2.63 bits per heavy atom. The third-order valence-electron chi connectivity index (χ3n) is 4.12. The van der Waals surface area contributed by atoms with E-state index in [-0.39, 0.29) is 15.5 Å². The van der Waals surface area contributed by atoms with Crippen LogP contribution in [0, 0.1) is 0 Å². The fraction of sp³-hybridized carbons (Fsp3) is 0.278. The molecule has 1 aliphatic heterocycles. The topological polar surface area (TPSA) is 75.7 Å². The Labute approximate surface area is 167 Å². The number of anilines is 1. The number of hydrogen-bond donors (Lipinski definition) is 1. The van der Waals surface area contributed by atoms with Crippen molar-refractivity contribution in [3.05, 3.63) is 53.1 Å². The maximum Gasteiger partial charge on any atom is 0.257 e. The molecule has 0 aromatic heterocycles. The number of carbonyl (C=O) groups excluding carboxylic acids is 1. The smallest absolute Gasteiger partial charge is 0.257 e. The summed E-state index contributed by atoms with van der Waals surface area (Å²) >= 11 is 7.88. The highest BCUT2D eigenvalue weighted by atomic mass is 35.5. The SMILES string of the molecule is COc1cccc(NC(=O)c2cc(S(=O)(=O)N3CCSCC3)ccc2Cl)c1. The van der Waals surface area contributed by atoms with Crippen molar-refractivity contribution >= 4 is 45.0 Å². The molecule has 1 fully saturated rings. The minimum Gasteiger partial charge on any atom is -0.497 e. The van der Waals surface area contributed by atoms with Gasteiger partial charge in [0.1, 0.15) is 5.75 Å². The average Bonchev–Trinajstić information content (AvgIpc) is 2.69. The van der Waals surface area contributed by atoms with Crippen LogP contribution in [0.2, 0.25) is 5.02 Å². The molecule has 1 N–H and O–H groups in total. The van der Waals surface area contributed by atoms with Gasteiger partial charge in [-0.15, -0.1) is 0 Å². The second-order valence-electron chi connectivity index (χ2n) is 5.84. The molecule has 0 aliphatic carbocycles. The third kappa shape index (κ3) is 4.57. The van der Waals surface area contributed by atoms with E-state index in [1.165, 1.54) is 29.6 Å². The molecule has 0 unspecified atom stereocenters. The van der Waals surface area contributed by atoms with E-state index in [2.05, 4.69) is 5.32 Å². The summed E-state index contributed by atoms with van der Waals surface area (Å²) in [6.07, 6.45) is 0. The van der Waals surface area contributed by atoms with Crippen molar-refractivity contribution in [2.75, 3.05) is 37.0 Å². The van der Waals surface area contributed by atoms with Gasteiger partial charge in [0, 0.05) is 36.3 Å². The average molecular weight is 427 g/mol. The molecule has 144 valence electrons. The molecular formula is C18H19ClN2O4S2. The number of sulfonamides is 1. The Morgan fingerprint density at radius 2 is 1.93 bits per heavy atom. The first-order chi connectivity index (χ1) is 12.9. The highest BCUT2D eigenvalue weighted by Gasteiger charge is 2.27. The largest absolute Gasteiger partial charge is 0.497 e. The lowest BCUT2D eigenvalue weighted by atomic mass is 10.2. The standard InChI is InChI=1S/C18H19ClN2O4S2/c1-25-14-4-2-3-13(11-14)20-18(22)16-12-15(5-6-17(16)19)27(23,24)21-7-9-26-10-8-21/h2-6,11-12H,7-10H2,1H3,(H,20,22). The number of amides is 1. The maximum absolute atomic E-state index is 12.8. The second kappa shape index (κ2) is 8.52. The molecule has 27 heavy (non-hydrogen) atoms. The predicted molar refractivity (Wildman–Crippen MR) is 108 cm³/mol. The zero-order valence-electron chi connectivity index (χ0n) is 14.6. The van der Waals surface area contributed by atoms with Gasteiger partial charge in [-0.2, -0.15) is 16.1 Å². The molecule has 0 saturated carbocycles. The summed E-state index contributed by atoms with van der Waals surface area (Å²) in [7, 11) is -2.12. The van der Waals surface area contributed by atoms with Crippen LogP contribution in [0.15, 0.2) is 47.4 Å². The highest BCUT2D eigenvalue weighted by molar-refractivity contribution is 7.99. The van der Waals surface area contributed by atoms with Gasteiger partial charge in [0.25, 0.3) is 5.91 Å². The van der Waals surface area contributed by atoms with Crippen LogP contribution in [0.5, 0.6) is 5.75 Å². The number of nitrogens with zero attached hydrogens (tertiary/aromatic N) is 1. The second-order valence-corrected chi connectivity index (χ2v) is 9.41. The molecule has 1 aliphatic rings. The zero-order valence-corrected chi connectivity index (χ0v) is 17.0. The first-order valence-electron chi connectivity index (χ1n) is 8.24. The molecule has 9 heteroatoms. The molecule has 0 atom stereocenters. The fourth-order valence-corrected chi connectivity index (χ4v) is 5.48. The molecule has 2 aromatic rings. The summed E-state index contributed by atoms with van der Waals surface area (Å²) in [5.74, 6) is 1.63. The molecular weight excluding hydrogens is 408 g/mol. The molecule has 2 aromatic carbocycles. The van der Waals surface area contributed by atoms with E-state index in [4.69, 9.17) is 16.3 Å². The monoisotopic (exact) mass is 426 g/mol. The van der Waals surface area contributed by atoms with Gasteiger partial charge < -0.3 is 10.1 Å². The number of halogens is 1. The highest BCUT2D eigenvalue weighted by Crippen LogP contribution is 2.26. The Kier molecular flexibility index (Phi) is 6.31. The number of thioether (sulfide) groups is 1. The van der Waals surface area contributed by atoms with Crippen LogP contribution in [0.3, 0.4) is 0 Å². The molecule has 1 heterocycles. The van der Waals surface area contributed by atoms with Crippen LogP contribution < -0.4 is 10.1 Å². The normalized spacial score (nSPS) is 15.3. The first kappa shape index (κ1) is 20.0. The van der Waals surface area contributed by atoms with Gasteiger partial charge in [0.2, 0.25) is 10.0 Å². The number of methoxy groups -OCH3 is 1. The molecule has 3 rings (SSSR count). The van der Waals surface area contributed by atoms with E-state index in [1.807, 2.05) is 0 Å². The van der Waals surface area contributed by atoms with Crippen LogP contribution >= 0.6 is 23.4 Å². The minimum atomic E-state index is -3.66. The maximum atomic E-state index is 12.8. The molecule has 1 saturated heterocycles. The third-order valence-corrected chi connectivity index (χ3v) is 7.28. The molecule has 0 spiro atoms. The van der Waals surface area contributed by atoms with Crippen LogP contribution in [0.4, 0.5) is 5.69 Å². The van der Waals surface area contributed by atoms with Gasteiger partial charge in [-0.05, 0) is 30.3 Å². The van der Waals surface area contributed by atoms with Gasteiger partial charge in [-0.3, -0.25) is 4.79 Å². The predicted octanol–water partition coefficient (Wildman–Crippen LogP) is 3.34. The molecule has 1 amide bonds. The van der Waals surface area contributed by atoms with Crippen LogP contribution in [-0.2, 0) is 10.0 Å². The quantitative estimate of drug-likeness (QED) is 0.793. The van der Waals surface area contributed by atoms with Crippen molar-refractivity contribution in [3.63, 3.8) is 0 Å². The number of nitrogens with one attached hydrogen (secondary N) is 1. The Hall–Kier alpha value is -1.74. The van der Waals surface area contributed by atoms with Crippen LogP contribution in [0.25, 0.3) is 0 Å². The van der Waals surface area contributed by atoms with E-state index in [0.717, 1.165) is 11.5 Å². The van der Waals surface area contributed by atoms with Gasteiger partial charge in [0.15, 0.2) is 0 Å². The minimum absolute atomic E-state index is 0.0644. The van der Waals surface area contributed by atoms with E-state index in [1.54, 1.807) is 36.0 Å². The number of benzene rings is 2. The summed E-state index contributed by atoms with van der Waals surface area (Å²) in [6.45, 7) is 0.919. The van der Waals surface area contributed by atoms with Crippen LogP contribution in [-0.4, -0.2) is 50.3 Å². The van der Waals surface area contributed by atoms with Crippen molar-refractivity contribution in [3.8, 4) is 5.75 Å². The summed E-state index contributed by atoms with van der Waals surface area (Å²) in [5.41, 5.74) is 0.628. The molecule has 6 nitrogen and oxygen atoms in total. The van der Waals surface area contributed by atoms with E-state index >= 15 is 0 Å². The summed E-state index contributed by atoms with van der Waals surface area (Å²) in [6, 6.07) is 11.1. The number of ether oxygens (including phenoxy) is 1. The Bertz CT molecular complexity index is 944. The number of rotatable bonds is 5. The van der Waals surface area contributed by atoms with Crippen molar-refractivity contribution in [1.82, 2.24) is 4.31 Å². The van der Waals surface area contributed by atoms with Gasteiger partial charge in [-0.25, -0.2) is 8.42 Å². The van der Waals surface area contributed by atoms with Gasteiger partial charge >= 0.3 is 0 Å². The van der Waals surface area contributed by atoms with E-state index in [9.17, 15) is 13.2 Å². The Morgan fingerprint density at radius 1 is 1.19 bits per heavy atom. The van der Waals surface area contributed by atoms with E-state index in [0.29, 0.717) is 24.5 Å². The lowest BCUT2D eigenvalue weighted by molar-refractivity contribution is 0.102. The number of carbonyl (C=O) groups is 1. The fourth-order valence-electron chi connectivity index (χ4n) is 2.67. The van der Waals surface area contributed by atoms with Crippen molar-refractivity contribution in [2.45, 2.75) is 4.90 Å². The zero-order chi connectivity index (χ0) is 19.4. The van der Waals surface area contributed by atoms with Crippen molar-refractivity contribution in [1.29, 1.82) is 0 Å². The lowest BCUT2D eigenvalue weighted by Gasteiger charge is -2.25. The summed E-state index contributed by atoms with van der Waals surface area (Å²) in [5, 5.41) is 2.90. The molecule has 0 radical (unpaired) electrons. The van der Waals surface area contributed by atoms with Crippen LogP contribution in [0.1, 0.15) is 10.4 Å². The summed E-state index contributed by atoms with van der Waals surface area (Å²) in [4.78, 5) is 12.7. The summed E-state index contributed by atoms with van der Waals surface area (Å²) < 4.78 is 32.3. The lowest BCUT2D eigenvalue weighted by Crippen LogP contribution is -2.37. The number of hydrogen-bond acceptors (Lipinski definition) is 5. The van der Waals surface area contributed by atoms with Gasteiger partial charge in [-0.1, -0.05) is 17.7 Å². The van der Waals surface area contributed by atoms with Crippen molar-refractivity contribution < 1.29 is 17.9 Å². The van der Waals surface area contributed by atoms with Crippen molar-refractivity contribution in [2.24, 2.45) is 0 Å². The Balaban J connectivity index is 1.87.